The zero-order valence-electron chi connectivity index (χ0n) is 17.0. The monoisotopic (exact) mass is 447 g/mol. The number of carbonyl (C=O) groups is 3. The van der Waals surface area contributed by atoms with Crippen LogP contribution in [0.4, 0.5) is 14.9 Å². The molecule has 1 atom stereocenters. The van der Waals surface area contributed by atoms with Crippen LogP contribution in [0.15, 0.2) is 48.5 Å². The second-order valence-corrected chi connectivity index (χ2v) is 9.10. The fourth-order valence-corrected chi connectivity index (χ4v) is 3.75. The number of sulfonamides is 1. The van der Waals surface area contributed by atoms with Gasteiger partial charge in [0.05, 0.1) is 12.8 Å². The van der Waals surface area contributed by atoms with Crippen molar-refractivity contribution in [3.05, 3.63) is 65.5 Å². The zero-order valence-corrected chi connectivity index (χ0v) is 17.9. The Bertz CT molecular complexity index is 1100. The van der Waals surface area contributed by atoms with Crippen LogP contribution in [-0.4, -0.2) is 56.4 Å². The van der Waals surface area contributed by atoms with Crippen LogP contribution in [-0.2, 0) is 21.2 Å². The second kappa shape index (κ2) is 8.94. The van der Waals surface area contributed by atoms with Gasteiger partial charge in [-0.3, -0.25) is 19.4 Å². The minimum Gasteiger partial charge on any atom is -0.292 e. The van der Waals surface area contributed by atoms with Crippen molar-refractivity contribution in [2.45, 2.75) is 19.4 Å². The SMILES string of the molecule is CC1C(=O)N(CC(=O)c2ccc(CCNS(C)(=O)=O)cc2)C(=O)N1c1ccc(F)cc1. The van der Waals surface area contributed by atoms with E-state index in [0.717, 1.165) is 16.7 Å². The number of Topliss-reactive ketones (excluding diaryl/α,β-unsaturated/α-hetero) is 1. The highest BCUT2D eigenvalue weighted by molar-refractivity contribution is 7.88. The van der Waals surface area contributed by atoms with Gasteiger partial charge in [0.2, 0.25) is 10.0 Å². The molecule has 1 unspecified atom stereocenters. The Kier molecular flexibility index (Phi) is 6.51. The van der Waals surface area contributed by atoms with Crippen molar-refractivity contribution in [1.29, 1.82) is 0 Å². The van der Waals surface area contributed by atoms with Gasteiger partial charge >= 0.3 is 6.03 Å². The molecule has 3 amide bonds. The van der Waals surface area contributed by atoms with Gasteiger partial charge in [0.1, 0.15) is 11.9 Å². The minimum absolute atomic E-state index is 0.236. The van der Waals surface area contributed by atoms with E-state index >= 15 is 0 Å². The van der Waals surface area contributed by atoms with E-state index in [1.807, 2.05) is 0 Å². The first-order valence-corrected chi connectivity index (χ1v) is 11.4. The third kappa shape index (κ3) is 5.33. The number of hydrogen-bond donors (Lipinski definition) is 1. The van der Waals surface area contributed by atoms with Crippen molar-refractivity contribution in [1.82, 2.24) is 9.62 Å². The molecule has 164 valence electrons. The standard InChI is InChI=1S/C21H22FN3O5S/c1-14-20(27)24(21(28)25(14)18-9-7-17(22)8-10-18)13-19(26)16-5-3-15(4-6-16)11-12-23-31(2,29)30/h3-10,14,23H,11-13H2,1-2H3. The van der Waals surface area contributed by atoms with Gasteiger partial charge < -0.3 is 0 Å². The number of nitrogens with zero attached hydrogens (tertiary/aromatic N) is 2. The Morgan fingerprint density at radius 1 is 1.06 bits per heavy atom. The maximum absolute atomic E-state index is 13.2. The number of rotatable bonds is 8. The summed E-state index contributed by atoms with van der Waals surface area (Å²) in [4.78, 5) is 40.1. The number of imide groups is 1. The van der Waals surface area contributed by atoms with Gasteiger partial charge in [-0.05, 0) is 43.2 Å². The molecule has 0 aromatic heterocycles. The first-order chi connectivity index (χ1) is 14.6. The molecule has 2 aromatic rings. The molecule has 1 aliphatic rings. The number of urea groups is 1. The summed E-state index contributed by atoms with van der Waals surface area (Å²) >= 11 is 0. The molecular weight excluding hydrogens is 425 g/mol. The summed E-state index contributed by atoms with van der Waals surface area (Å²) in [5.74, 6) is -1.38. The highest BCUT2D eigenvalue weighted by atomic mass is 32.2. The van der Waals surface area contributed by atoms with E-state index in [0.29, 0.717) is 17.7 Å². The quantitative estimate of drug-likeness (QED) is 0.492. The fraction of sp³-hybridized carbons (Fsp3) is 0.286. The van der Waals surface area contributed by atoms with E-state index in [1.165, 1.54) is 29.2 Å². The van der Waals surface area contributed by atoms with E-state index in [2.05, 4.69) is 4.72 Å². The number of nitrogens with one attached hydrogen (secondary N) is 1. The van der Waals surface area contributed by atoms with Crippen LogP contribution in [0.3, 0.4) is 0 Å². The van der Waals surface area contributed by atoms with Crippen LogP contribution in [0.25, 0.3) is 0 Å². The summed E-state index contributed by atoms with van der Waals surface area (Å²) in [6, 6.07) is 10.3. The molecule has 3 rings (SSSR count). The third-order valence-electron chi connectivity index (χ3n) is 4.91. The topological polar surface area (TPSA) is 104 Å². The van der Waals surface area contributed by atoms with E-state index < -0.39 is 46.1 Å². The van der Waals surface area contributed by atoms with E-state index in [-0.39, 0.29) is 6.54 Å². The second-order valence-electron chi connectivity index (χ2n) is 7.27. The van der Waals surface area contributed by atoms with Crippen LogP contribution in [0.5, 0.6) is 0 Å². The summed E-state index contributed by atoms with van der Waals surface area (Å²) in [6.07, 6.45) is 1.53. The molecular formula is C21H22FN3O5S. The summed E-state index contributed by atoms with van der Waals surface area (Å²) < 4.78 is 37.8. The van der Waals surface area contributed by atoms with Gasteiger partial charge in [0.25, 0.3) is 5.91 Å². The number of benzene rings is 2. The molecule has 0 aliphatic carbocycles. The molecule has 2 aromatic carbocycles. The largest absolute Gasteiger partial charge is 0.332 e. The summed E-state index contributed by atoms with van der Waals surface area (Å²) in [5, 5.41) is 0. The Morgan fingerprint density at radius 2 is 1.68 bits per heavy atom. The van der Waals surface area contributed by atoms with Crippen molar-refractivity contribution in [3.8, 4) is 0 Å². The van der Waals surface area contributed by atoms with E-state index in [1.54, 1.807) is 31.2 Å². The summed E-state index contributed by atoms with van der Waals surface area (Å²) in [5.41, 5.74) is 1.53. The third-order valence-corrected chi connectivity index (χ3v) is 5.64. The van der Waals surface area contributed by atoms with Crippen molar-refractivity contribution < 1.29 is 27.2 Å². The van der Waals surface area contributed by atoms with Crippen molar-refractivity contribution in [2.75, 3.05) is 24.2 Å². The van der Waals surface area contributed by atoms with Gasteiger partial charge in [0, 0.05) is 17.8 Å². The Morgan fingerprint density at radius 3 is 2.26 bits per heavy atom. The maximum atomic E-state index is 13.2. The van der Waals surface area contributed by atoms with E-state index in [4.69, 9.17) is 0 Å². The van der Waals surface area contributed by atoms with Gasteiger partial charge in [-0.2, -0.15) is 0 Å². The lowest BCUT2D eigenvalue weighted by atomic mass is 10.1. The molecule has 1 saturated heterocycles. The minimum atomic E-state index is -3.27. The molecule has 8 nitrogen and oxygen atoms in total. The molecule has 1 fully saturated rings. The normalized spacial score (nSPS) is 16.8. The Balaban J connectivity index is 1.66. The predicted octanol–water partition coefficient (Wildman–Crippen LogP) is 1.96. The van der Waals surface area contributed by atoms with Crippen LogP contribution in [0.2, 0.25) is 0 Å². The lowest BCUT2D eigenvalue weighted by Gasteiger charge is -2.19. The van der Waals surface area contributed by atoms with Gasteiger partial charge in [-0.25, -0.2) is 22.3 Å². The Hall–Kier alpha value is -3.11. The molecule has 1 aliphatic heterocycles. The molecule has 0 bridgehead atoms. The van der Waals surface area contributed by atoms with Gasteiger partial charge in [0.15, 0.2) is 5.78 Å². The lowest BCUT2D eigenvalue weighted by Crippen LogP contribution is -2.37. The molecule has 0 spiro atoms. The number of ketones is 1. The van der Waals surface area contributed by atoms with Crippen LogP contribution in [0, 0.1) is 5.82 Å². The Labute approximate surface area is 179 Å². The highest BCUT2D eigenvalue weighted by Crippen LogP contribution is 2.26. The molecule has 0 saturated carbocycles. The predicted molar refractivity (Wildman–Crippen MR) is 113 cm³/mol. The molecule has 1 heterocycles. The average molecular weight is 447 g/mol. The van der Waals surface area contributed by atoms with Crippen LogP contribution >= 0.6 is 0 Å². The summed E-state index contributed by atoms with van der Waals surface area (Å²) in [7, 11) is -3.27. The zero-order chi connectivity index (χ0) is 22.8. The number of hydrogen-bond acceptors (Lipinski definition) is 5. The van der Waals surface area contributed by atoms with Crippen LogP contribution in [0.1, 0.15) is 22.8 Å². The number of carbonyl (C=O) groups excluding carboxylic acids is 3. The molecule has 10 heteroatoms. The van der Waals surface area contributed by atoms with Crippen molar-refractivity contribution in [2.24, 2.45) is 0 Å². The van der Waals surface area contributed by atoms with Crippen molar-refractivity contribution in [3.63, 3.8) is 0 Å². The number of halogens is 1. The first kappa shape index (κ1) is 22.6. The van der Waals surface area contributed by atoms with Gasteiger partial charge in [-0.1, -0.05) is 24.3 Å². The first-order valence-electron chi connectivity index (χ1n) is 9.54. The highest BCUT2D eigenvalue weighted by Gasteiger charge is 2.44. The van der Waals surface area contributed by atoms with Crippen LogP contribution < -0.4 is 9.62 Å². The number of amides is 3. The van der Waals surface area contributed by atoms with E-state index in [9.17, 15) is 27.2 Å². The average Bonchev–Trinajstić information content (AvgIpc) is 2.91. The molecule has 0 radical (unpaired) electrons. The smallest absolute Gasteiger partial charge is 0.292 e. The number of anilines is 1. The lowest BCUT2D eigenvalue weighted by molar-refractivity contribution is -0.126. The van der Waals surface area contributed by atoms with Crippen molar-refractivity contribution >= 4 is 33.4 Å². The van der Waals surface area contributed by atoms with Gasteiger partial charge in [-0.15, -0.1) is 0 Å². The fourth-order valence-electron chi connectivity index (χ4n) is 3.28. The maximum Gasteiger partial charge on any atom is 0.332 e. The summed E-state index contributed by atoms with van der Waals surface area (Å²) in [6.45, 7) is 1.38. The molecule has 31 heavy (non-hydrogen) atoms. The molecule has 1 N–H and O–H groups in total.